The van der Waals surface area contributed by atoms with Gasteiger partial charge in [0.25, 0.3) is 0 Å². The number of rotatable bonds is 2. The largest absolute Gasteiger partial charge is 0.319 e. The third kappa shape index (κ3) is 1.16. The van der Waals surface area contributed by atoms with Gasteiger partial charge in [-0.05, 0) is 12.8 Å². The first-order valence-electron chi connectivity index (χ1n) is 3.55. The summed E-state index contributed by atoms with van der Waals surface area (Å²) in [6.07, 6.45) is 3.56. The van der Waals surface area contributed by atoms with E-state index in [1.54, 1.807) is 6.20 Å². The third-order valence-electron chi connectivity index (χ3n) is 1.90. The molecule has 1 aliphatic carbocycles. The minimum absolute atomic E-state index is 0.196. The van der Waals surface area contributed by atoms with Crippen LogP contribution >= 0.6 is 11.3 Å². The molecule has 0 aromatic carbocycles. The molecule has 0 spiro atoms. The number of nitrogens with two attached hydrogens (primary N) is 1. The van der Waals surface area contributed by atoms with E-state index in [1.165, 1.54) is 11.3 Å². The normalized spacial score (nSPS) is 20.2. The molecule has 60 valence electrons. The predicted molar refractivity (Wildman–Crippen MR) is 42.0 cm³/mol. The molecule has 0 aliphatic heterocycles. The fourth-order valence-corrected chi connectivity index (χ4v) is 1.87. The minimum Gasteiger partial charge on any atom is -0.319 e. The maximum Gasteiger partial charge on any atom is 0.125 e. The molecule has 1 aromatic heterocycles. The molecule has 0 atom stereocenters. The zero-order valence-electron chi connectivity index (χ0n) is 6.01. The van der Waals surface area contributed by atoms with Crippen LogP contribution in [0.1, 0.15) is 22.7 Å². The van der Waals surface area contributed by atoms with E-state index < -0.39 is 6.67 Å². The van der Waals surface area contributed by atoms with Crippen LogP contribution in [0.2, 0.25) is 0 Å². The summed E-state index contributed by atoms with van der Waals surface area (Å²) in [5, 5.41) is 0.894. The maximum atomic E-state index is 12.1. The Labute approximate surface area is 68.3 Å². The smallest absolute Gasteiger partial charge is 0.125 e. The van der Waals surface area contributed by atoms with Crippen LogP contribution in [0.5, 0.6) is 0 Å². The van der Waals surface area contributed by atoms with Crippen LogP contribution in [0.25, 0.3) is 0 Å². The summed E-state index contributed by atoms with van der Waals surface area (Å²) < 4.78 is 12.1. The lowest BCUT2D eigenvalue weighted by Gasteiger charge is -2.00. The van der Waals surface area contributed by atoms with Gasteiger partial charge in [0.05, 0.1) is 10.4 Å². The molecule has 1 aromatic rings. The van der Waals surface area contributed by atoms with E-state index in [0.717, 1.165) is 17.8 Å². The van der Waals surface area contributed by atoms with E-state index in [9.17, 15) is 4.39 Å². The zero-order chi connectivity index (χ0) is 7.90. The van der Waals surface area contributed by atoms with Crippen molar-refractivity contribution < 1.29 is 4.39 Å². The van der Waals surface area contributed by atoms with Crippen molar-refractivity contribution >= 4 is 11.3 Å². The molecule has 4 heteroatoms. The highest BCUT2D eigenvalue weighted by Gasteiger charge is 2.42. The number of alkyl halides is 1. The molecule has 1 fully saturated rings. The predicted octanol–water partition coefficient (Wildman–Crippen LogP) is 1.56. The van der Waals surface area contributed by atoms with Gasteiger partial charge in [0, 0.05) is 6.20 Å². The van der Waals surface area contributed by atoms with Crippen LogP contribution in [0.4, 0.5) is 4.39 Å². The van der Waals surface area contributed by atoms with Gasteiger partial charge >= 0.3 is 0 Å². The first kappa shape index (κ1) is 7.18. The van der Waals surface area contributed by atoms with Crippen molar-refractivity contribution in [3.63, 3.8) is 0 Å². The van der Waals surface area contributed by atoms with Crippen molar-refractivity contribution in [2.24, 2.45) is 5.73 Å². The molecule has 0 bridgehead atoms. The van der Waals surface area contributed by atoms with E-state index in [-0.39, 0.29) is 5.54 Å². The summed E-state index contributed by atoms with van der Waals surface area (Å²) in [6.45, 7) is -0.423. The van der Waals surface area contributed by atoms with Crippen molar-refractivity contribution in [2.75, 3.05) is 0 Å². The lowest BCUT2D eigenvalue weighted by atomic mass is 10.3. The molecule has 2 rings (SSSR count). The molecule has 1 aliphatic rings. The van der Waals surface area contributed by atoms with Gasteiger partial charge < -0.3 is 5.73 Å². The van der Waals surface area contributed by atoms with Crippen LogP contribution < -0.4 is 5.73 Å². The Morgan fingerprint density at radius 2 is 2.45 bits per heavy atom. The average Bonchev–Trinajstić information content (AvgIpc) is 2.61. The highest BCUT2D eigenvalue weighted by atomic mass is 32.1. The first-order chi connectivity index (χ1) is 5.24. The van der Waals surface area contributed by atoms with Gasteiger partial charge in [0.2, 0.25) is 0 Å². The lowest BCUT2D eigenvalue weighted by Crippen LogP contribution is -2.17. The van der Waals surface area contributed by atoms with Gasteiger partial charge in [0.15, 0.2) is 0 Å². The van der Waals surface area contributed by atoms with E-state index in [1.807, 2.05) is 0 Å². The number of hydrogen-bond acceptors (Lipinski definition) is 3. The van der Waals surface area contributed by atoms with Crippen molar-refractivity contribution in [1.82, 2.24) is 4.98 Å². The summed E-state index contributed by atoms with van der Waals surface area (Å²) >= 11 is 1.39. The summed E-state index contributed by atoms with van der Waals surface area (Å²) in [5.74, 6) is 0. The highest BCUT2D eigenvalue weighted by Crippen LogP contribution is 2.44. The Morgan fingerprint density at radius 1 is 1.73 bits per heavy atom. The van der Waals surface area contributed by atoms with Crippen molar-refractivity contribution in [3.8, 4) is 0 Å². The van der Waals surface area contributed by atoms with Crippen LogP contribution in [0.3, 0.4) is 0 Å². The van der Waals surface area contributed by atoms with Crippen LogP contribution in [-0.2, 0) is 12.2 Å². The van der Waals surface area contributed by atoms with E-state index in [0.29, 0.717) is 4.88 Å². The summed E-state index contributed by atoms with van der Waals surface area (Å²) in [4.78, 5) is 4.75. The topological polar surface area (TPSA) is 38.9 Å². The van der Waals surface area contributed by atoms with Gasteiger partial charge in [-0.3, -0.25) is 0 Å². The standard InChI is InChI=1S/C7H9FN2S/c8-3-5-4-10-6(11-5)7(9)1-2-7/h4H,1-3,9H2. The number of hydrogen-bond donors (Lipinski definition) is 1. The molecule has 1 saturated carbocycles. The Kier molecular flexibility index (Phi) is 1.47. The number of halogens is 1. The number of nitrogens with zero attached hydrogens (tertiary/aromatic N) is 1. The minimum atomic E-state index is -0.423. The van der Waals surface area contributed by atoms with Crippen molar-refractivity contribution in [1.29, 1.82) is 0 Å². The fraction of sp³-hybridized carbons (Fsp3) is 0.571. The quantitative estimate of drug-likeness (QED) is 0.735. The van der Waals surface area contributed by atoms with Gasteiger partial charge in [-0.1, -0.05) is 0 Å². The summed E-state index contributed by atoms with van der Waals surface area (Å²) in [7, 11) is 0. The van der Waals surface area contributed by atoms with Crippen LogP contribution in [0.15, 0.2) is 6.20 Å². The van der Waals surface area contributed by atoms with E-state index >= 15 is 0 Å². The van der Waals surface area contributed by atoms with Crippen molar-refractivity contribution in [2.45, 2.75) is 25.1 Å². The second-order valence-electron chi connectivity index (χ2n) is 2.92. The second-order valence-corrected chi connectivity index (χ2v) is 4.04. The number of thiazole rings is 1. The highest BCUT2D eigenvalue weighted by molar-refractivity contribution is 7.11. The Morgan fingerprint density at radius 3 is 2.91 bits per heavy atom. The fourth-order valence-electron chi connectivity index (χ4n) is 0.948. The molecule has 11 heavy (non-hydrogen) atoms. The Balaban J connectivity index is 2.25. The molecule has 0 saturated heterocycles. The molecule has 0 amide bonds. The molecule has 0 radical (unpaired) electrons. The first-order valence-corrected chi connectivity index (χ1v) is 4.36. The third-order valence-corrected chi connectivity index (χ3v) is 3.08. The summed E-state index contributed by atoms with van der Waals surface area (Å²) in [5.41, 5.74) is 5.67. The van der Waals surface area contributed by atoms with Crippen LogP contribution in [-0.4, -0.2) is 4.98 Å². The zero-order valence-corrected chi connectivity index (χ0v) is 6.83. The van der Waals surface area contributed by atoms with E-state index in [4.69, 9.17) is 5.73 Å². The SMILES string of the molecule is NC1(c2ncc(CF)s2)CC1. The van der Waals surface area contributed by atoms with Gasteiger partial charge in [-0.2, -0.15) is 0 Å². The van der Waals surface area contributed by atoms with Gasteiger partial charge in [0.1, 0.15) is 11.7 Å². The lowest BCUT2D eigenvalue weighted by molar-refractivity contribution is 0.491. The molecule has 2 nitrogen and oxygen atoms in total. The van der Waals surface area contributed by atoms with Gasteiger partial charge in [-0.25, -0.2) is 9.37 Å². The Hall–Kier alpha value is -0.480. The van der Waals surface area contributed by atoms with Crippen LogP contribution in [0, 0.1) is 0 Å². The second kappa shape index (κ2) is 2.25. The number of aromatic nitrogens is 1. The van der Waals surface area contributed by atoms with E-state index in [2.05, 4.69) is 4.98 Å². The monoisotopic (exact) mass is 172 g/mol. The molecular formula is C7H9FN2S. The molecule has 1 heterocycles. The summed E-state index contributed by atoms with van der Waals surface area (Å²) in [6, 6.07) is 0. The average molecular weight is 172 g/mol. The molecular weight excluding hydrogens is 163 g/mol. The Bertz CT molecular complexity index is 267. The molecule has 0 unspecified atom stereocenters. The van der Waals surface area contributed by atoms with Gasteiger partial charge in [-0.15, -0.1) is 11.3 Å². The maximum absolute atomic E-state index is 12.1. The molecule has 2 N–H and O–H groups in total. The van der Waals surface area contributed by atoms with Crippen molar-refractivity contribution in [3.05, 3.63) is 16.1 Å².